The van der Waals surface area contributed by atoms with Crippen LogP contribution in [0.1, 0.15) is 42.5 Å². The van der Waals surface area contributed by atoms with Crippen LogP contribution in [0.15, 0.2) is 23.1 Å². The molecular weight excluding hydrogens is 357 g/mol. The summed E-state index contributed by atoms with van der Waals surface area (Å²) in [6.45, 7) is 2.68. The zero-order chi connectivity index (χ0) is 18.3. The maximum absolute atomic E-state index is 14.6. The Labute approximate surface area is 153 Å². The zero-order valence-electron chi connectivity index (χ0n) is 14.7. The average molecular weight is 381 g/mol. The van der Waals surface area contributed by atoms with Crippen LogP contribution in [0.3, 0.4) is 0 Å². The van der Waals surface area contributed by atoms with Crippen molar-refractivity contribution in [2.45, 2.75) is 49.1 Å². The largest absolute Gasteiger partial charge is 0.339 e. The number of nitrogens with zero attached hydrogens (tertiary/aromatic N) is 2. The second-order valence-electron chi connectivity index (χ2n) is 7.35. The molecule has 3 fully saturated rings. The lowest BCUT2D eigenvalue weighted by Gasteiger charge is -2.27. The second kappa shape index (κ2) is 6.90. The highest BCUT2D eigenvalue weighted by Gasteiger charge is 2.43. The van der Waals surface area contributed by atoms with Gasteiger partial charge in [-0.15, -0.1) is 0 Å². The number of halogens is 1. The van der Waals surface area contributed by atoms with E-state index in [0.717, 1.165) is 44.7 Å². The number of sulfonamides is 1. The van der Waals surface area contributed by atoms with Crippen LogP contribution in [0.5, 0.6) is 0 Å². The maximum Gasteiger partial charge on any atom is 0.256 e. The lowest BCUT2D eigenvalue weighted by atomic mass is 10.1. The van der Waals surface area contributed by atoms with Crippen molar-refractivity contribution in [3.63, 3.8) is 0 Å². The van der Waals surface area contributed by atoms with Crippen LogP contribution in [-0.2, 0) is 10.0 Å². The van der Waals surface area contributed by atoms with Crippen LogP contribution < -0.4 is 5.32 Å². The Morgan fingerprint density at radius 3 is 2.58 bits per heavy atom. The molecule has 0 saturated carbocycles. The van der Waals surface area contributed by atoms with E-state index in [1.165, 1.54) is 12.1 Å². The lowest BCUT2D eigenvalue weighted by molar-refractivity contribution is 0.0788. The molecule has 0 aromatic heterocycles. The number of nitrogens with one attached hydrogen (secondary N) is 1. The Bertz CT molecular complexity index is 794. The Hall–Kier alpha value is -1.51. The van der Waals surface area contributed by atoms with E-state index in [1.54, 1.807) is 9.21 Å². The van der Waals surface area contributed by atoms with E-state index in [2.05, 4.69) is 5.32 Å². The molecule has 1 amide bonds. The van der Waals surface area contributed by atoms with Gasteiger partial charge in [-0.3, -0.25) is 4.79 Å². The van der Waals surface area contributed by atoms with Gasteiger partial charge in [-0.05, 0) is 56.8 Å². The van der Waals surface area contributed by atoms with Gasteiger partial charge in [0.05, 0.1) is 10.5 Å². The number of carbonyl (C=O) groups excluding carboxylic acids is 1. The molecular formula is C18H24FN3O3S. The SMILES string of the molecule is O=C(c1ccc(S(=O)(=O)N2C3CCNCC2CC3)cc1F)N1CCCC1. The van der Waals surface area contributed by atoms with Gasteiger partial charge < -0.3 is 10.2 Å². The second-order valence-corrected chi connectivity index (χ2v) is 9.20. The molecule has 2 unspecified atom stereocenters. The van der Waals surface area contributed by atoms with E-state index >= 15 is 0 Å². The fraction of sp³-hybridized carbons (Fsp3) is 0.611. The molecule has 0 spiro atoms. The molecule has 0 radical (unpaired) electrons. The van der Waals surface area contributed by atoms with Gasteiger partial charge in [0.1, 0.15) is 5.82 Å². The summed E-state index contributed by atoms with van der Waals surface area (Å²) in [4.78, 5) is 14.0. The summed E-state index contributed by atoms with van der Waals surface area (Å²) < 4.78 is 42.4. The lowest BCUT2D eigenvalue weighted by Crippen LogP contribution is -2.42. The van der Waals surface area contributed by atoms with Gasteiger partial charge >= 0.3 is 0 Å². The third-order valence-corrected chi connectivity index (χ3v) is 7.73. The van der Waals surface area contributed by atoms with E-state index < -0.39 is 15.8 Å². The highest BCUT2D eigenvalue weighted by molar-refractivity contribution is 7.89. The molecule has 2 bridgehead atoms. The van der Waals surface area contributed by atoms with Gasteiger partial charge in [0.15, 0.2) is 0 Å². The number of carbonyl (C=O) groups is 1. The van der Waals surface area contributed by atoms with E-state index in [4.69, 9.17) is 0 Å². The maximum atomic E-state index is 14.6. The number of hydrogen-bond acceptors (Lipinski definition) is 4. The summed E-state index contributed by atoms with van der Waals surface area (Å²) in [7, 11) is -3.78. The molecule has 3 aliphatic rings. The Morgan fingerprint density at radius 2 is 1.85 bits per heavy atom. The summed E-state index contributed by atoms with van der Waals surface area (Å²) in [5.74, 6) is -1.12. The average Bonchev–Trinajstić information content (AvgIpc) is 3.21. The summed E-state index contributed by atoms with van der Waals surface area (Å²) in [5, 5.41) is 3.27. The molecule has 6 nitrogen and oxygen atoms in total. The molecule has 2 atom stereocenters. The van der Waals surface area contributed by atoms with Crippen LogP contribution in [-0.4, -0.2) is 61.8 Å². The Balaban J connectivity index is 1.63. The number of amides is 1. The predicted molar refractivity (Wildman–Crippen MR) is 94.9 cm³/mol. The smallest absolute Gasteiger partial charge is 0.256 e. The molecule has 8 heteroatoms. The van der Waals surface area contributed by atoms with Crippen molar-refractivity contribution in [2.24, 2.45) is 0 Å². The van der Waals surface area contributed by atoms with Gasteiger partial charge in [-0.25, -0.2) is 12.8 Å². The number of likely N-dealkylation sites (tertiary alicyclic amines) is 1. The van der Waals surface area contributed by atoms with Gasteiger partial charge in [0, 0.05) is 31.7 Å². The van der Waals surface area contributed by atoms with Crippen molar-refractivity contribution in [2.75, 3.05) is 26.2 Å². The highest BCUT2D eigenvalue weighted by atomic mass is 32.2. The molecule has 3 heterocycles. The molecule has 1 N–H and O–H groups in total. The number of hydrogen-bond donors (Lipinski definition) is 1. The first-order valence-corrected chi connectivity index (χ1v) is 10.8. The van der Waals surface area contributed by atoms with Crippen LogP contribution in [0.25, 0.3) is 0 Å². The normalized spacial score (nSPS) is 26.9. The minimum absolute atomic E-state index is 0.0334. The Kier molecular flexibility index (Phi) is 4.75. The van der Waals surface area contributed by atoms with Gasteiger partial charge in [0.25, 0.3) is 5.91 Å². The number of fused-ring (bicyclic) bond motifs is 2. The van der Waals surface area contributed by atoms with Crippen LogP contribution in [0.2, 0.25) is 0 Å². The number of rotatable bonds is 3. The topological polar surface area (TPSA) is 69.7 Å². The fourth-order valence-electron chi connectivity index (χ4n) is 4.37. The van der Waals surface area contributed by atoms with Crippen LogP contribution >= 0.6 is 0 Å². The summed E-state index contributed by atoms with van der Waals surface area (Å²) in [6, 6.07) is 3.59. The molecule has 3 aliphatic heterocycles. The third kappa shape index (κ3) is 3.04. The monoisotopic (exact) mass is 381 g/mol. The summed E-state index contributed by atoms with van der Waals surface area (Å²) >= 11 is 0. The first-order valence-electron chi connectivity index (χ1n) is 9.31. The molecule has 4 rings (SSSR count). The van der Waals surface area contributed by atoms with Crippen molar-refractivity contribution >= 4 is 15.9 Å². The van der Waals surface area contributed by atoms with Gasteiger partial charge in [0.2, 0.25) is 10.0 Å². The van der Waals surface area contributed by atoms with Crippen molar-refractivity contribution in [3.8, 4) is 0 Å². The van der Waals surface area contributed by atoms with E-state index in [-0.39, 0.29) is 28.4 Å². The fourth-order valence-corrected chi connectivity index (χ4v) is 6.28. The van der Waals surface area contributed by atoms with E-state index in [1.807, 2.05) is 0 Å². The van der Waals surface area contributed by atoms with Crippen molar-refractivity contribution in [1.29, 1.82) is 0 Å². The first-order chi connectivity index (χ1) is 12.5. The molecule has 1 aromatic carbocycles. The molecule has 1 aromatic rings. The molecule has 26 heavy (non-hydrogen) atoms. The highest BCUT2D eigenvalue weighted by Crippen LogP contribution is 2.34. The summed E-state index contributed by atoms with van der Waals surface area (Å²) in [5.41, 5.74) is -0.0497. The van der Waals surface area contributed by atoms with Crippen molar-refractivity contribution < 1.29 is 17.6 Å². The van der Waals surface area contributed by atoms with E-state index in [0.29, 0.717) is 19.6 Å². The molecule has 142 valence electrons. The third-order valence-electron chi connectivity index (χ3n) is 5.73. The predicted octanol–water partition coefficient (Wildman–Crippen LogP) is 1.58. The molecule has 0 aliphatic carbocycles. The van der Waals surface area contributed by atoms with Crippen molar-refractivity contribution in [3.05, 3.63) is 29.6 Å². The molecule has 3 saturated heterocycles. The van der Waals surface area contributed by atoms with Crippen LogP contribution in [0, 0.1) is 5.82 Å². The van der Waals surface area contributed by atoms with Crippen molar-refractivity contribution in [1.82, 2.24) is 14.5 Å². The van der Waals surface area contributed by atoms with Crippen LogP contribution in [0.4, 0.5) is 4.39 Å². The summed E-state index contributed by atoms with van der Waals surface area (Å²) in [6.07, 6.45) is 4.28. The zero-order valence-corrected chi connectivity index (χ0v) is 15.5. The minimum atomic E-state index is -3.78. The first kappa shape index (κ1) is 17.9. The van der Waals surface area contributed by atoms with E-state index in [9.17, 15) is 17.6 Å². The minimum Gasteiger partial charge on any atom is -0.339 e. The Morgan fingerprint density at radius 1 is 1.12 bits per heavy atom. The quantitative estimate of drug-likeness (QED) is 0.863. The van der Waals surface area contributed by atoms with Gasteiger partial charge in [-0.2, -0.15) is 4.31 Å². The number of benzene rings is 1. The van der Waals surface area contributed by atoms with Gasteiger partial charge in [-0.1, -0.05) is 0 Å². The standard InChI is InChI=1S/C18H24FN3O3S/c19-17-11-15(5-6-16(17)18(23)21-9-1-2-10-21)26(24,25)22-13-3-4-14(22)12-20-8-7-13/h5-6,11,13-14,20H,1-4,7-10,12H2.